The number of hydrogen-bond donors (Lipinski definition) is 1. The highest BCUT2D eigenvalue weighted by Gasteiger charge is 2.31. The summed E-state index contributed by atoms with van der Waals surface area (Å²) in [5, 5.41) is 8.92. The molecular weight excluding hydrogens is 218 g/mol. The van der Waals surface area contributed by atoms with Gasteiger partial charge < -0.3 is 9.84 Å². The van der Waals surface area contributed by atoms with Crippen LogP contribution in [0.2, 0.25) is 0 Å². The Labute approximate surface area is 103 Å². The Morgan fingerprint density at radius 3 is 2.88 bits per heavy atom. The van der Waals surface area contributed by atoms with E-state index in [-0.39, 0.29) is 12.5 Å². The summed E-state index contributed by atoms with van der Waals surface area (Å²) in [5.74, 6) is 0.152. The average Bonchev–Trinajstić information content (AvgIpc) is 2.23. The quantitative estimate of drug-likeness (QED) is 0.796. The first kappa shape index (κ1) is 12.8. The van der Waals surface area contributed by atoms with E-state index in [0.29, 0.717) is 12.6 Å². The van der Waals surface area contributed by atoms with Gasteiger partial charge in [0.2, 0.25) is 0 Å². The number of rotatable bonds is 5. The number of aliphatic carboxylic acids is 1. The molecule has 2 fully saturated rings. The second kappa shape index (κ2) is 5.83. The highest BCUT2D eigenvalue weighted by atomic mass is 16.5. The van der Waals surface area contributed by atoms with Crippen LogP contribution >= 0.6 is 0 Å². The van der Waals surface area contributed by atoms with Crippen molar-refractivity contribution in [2.24, 2.45) is 5.92 Å². The zero-order valence-corrected chi connectivity index (χ0v) is 10.6. The fourth-order valence-corrected chi connectivity index (χ4v) is 2.97. The average molecular weight is 241 g/mol. The van der Waals surface area contributed by atoms with Crippen molar-refractivity contribution in [2.45, 2.75) is 51.1 Å². The molecule has 17 heavy (non-hydrogen) atoms. The van der Waals surface area contributed by atoms with Crippen LogP contribution in [0.1, 0.15) is 39.0 Å². The van der Waals surface area contributed by atoms with Gasteiger partial charge in [-0.3, -0.25) is 9.69 Å². The van der Waals surface area contributed by atoms with E-state index in [1.807, 2.05) is 0 Å². The monoisotopic (exact) mass is 241 g/mol. The molecule has 0 aromatic heterocycles. The Hall–Kier alpha value is -0.610. The first-order valence-electron chi connectivity index (χ1n) is 6.72. The van der Waals surface area contributed by atoms with E-state index in [9.17, 15) is 4.79 Å². The Kier molecular flexibility index (Phi) is 4.40. The van der Waals surface area contributed by atoms with Gasteiger partial charge in [-0.15, -0.1) is 0 Å². The largest absolute Gasteiger partial charge is 0.481 e. The van der Waals surface area contributed by atoms with Gasteiger partial charge in [-0.25, -0.2) is 0 Å². The number of morpholine rings is 1. The first-order chi connectivity index (χ1) is 8.16. The van der Waals surface area contributed by atoms with Crippen LogP contribution in [0.4, 0.5) is 0 Å². The van der Waals surface area contributed by atoms with Gasteiger partial charge in [-0.2, -0.15) is 0 Å². The zero-order valence-electron chi connectivity index (χ0n) is 10.6. The summed E-state index contributed by atoms with van der Waals surface area (Å²) >= 11 is 0. The lowest BCUT2D eigenvalue weighted by Gasteiger charge is -2.41. The first-order valence-corrected chi connectivity index (χ1v) is 6.72. The number of carbonyl (C=O) groups is 1. The van der Waals surface area contributed by atoms with Gasteiger partial charge in [0.1, 0.15) is 0 Å². The van der Waals surface area contributed by atoms with Crippen molar-refractivity contribution in [2.75, 3.05) is 19.8 Å². The maximum atomic E-state index is 10.8. The number of nitrogens with zero attached hydrogens (tertiary/aromatic N) is 1. The minimum Gasteiger partial charge on any atom is -0.481 e. The van der Waals surface area contributed by atoms with Gasteiger partial charge in [0.05, 0.1) is 19.6 Å². The molecule has 0 spiro atoms. The van der Waals surface area contributed by atoms with Crippen molar-refractivity contribution in [3.05, 3.63) is 0 Å². The Morgan fingerprint density at radius 1 is 1.53 bits per heavy atom. The van der Waals surface area contributed by atoms with Crippen molar-refractivity contribution in [3.8, 4) is 0 Å². The standard InChI is InChI=1S/C13H23NO3/c1-10(7-11-3-2-4-11)14-5-6-17-9-12(14)8-13(15)16/h10-12H,2-9H2,1H3,(H,15,16). The maximum Gasteiger partial charge on any atom is 0.305 e. The van der Waals surface area contributed by atoms with Crippen molar-refractivity contribution in [1.29, 1.82) is 0 Å². The molecule has 1 heterocycles. The third-order valence-electron chi connectivity index (χ3n) is 4.15. The highest BCUT2D eigenvalue weighted by Crippen LogP contribution is 2.32. The predicted molar refractivity (Wildman–Crippen MR) is 65.0 cm³/mol. The summed E-state index contributed by atoms with van der Waals surface area (Å²) in [6.07, 6.45) is 5.51. The minimum atomic E-state index is -0.721. The van der Waals surface area contributed by atoms with E-state index < -0.39 is 5.97 Å². The van der Waals surface area contributed by atoms with E-state index in [1.165, 1.54) is 25.7 Å². The number of ether oxygens (including phenoxy) is 1. The molecule has 1 N–H and O–H groups in total. The van der Waals surface area contributed by atoms with E-state index in [2.05, 4.69) is 11.8 Å². The summed E-state index contributed by atoms with van der Waals surface area (Å²) < 4.78 is 5.40. The van der Waals surface area contributed by atoms with E-state index in [4.69, 9.17) is 9.84 Å². The highest BCUT2D eigenvalue weighted by molar-refractivity contribution is 5.67. The summed E-state index contributed by atoms with van der Waals surface area (Å²) in [6.45, 7) is 4.43. The molecule has 0 aromatic rings. The van der Waals surface area contributed by atoms with Crippen LogP contribution in [0, 0.1) is 5.92 Å². The molecule has 2 aliphatic rings. The van der Waals surface area contributed by atoms with Crippen LogP contribution in [-0.2, 0) is 9.53 Å². The lowest BCUT2D eigenvalue weighted by molar-refractivity contribution is -0.140. The van der Waals surface area contributed by atoms with Crippen molar-refractivity contribution < 1.29 is 14.6 Å². The molecular formula is C13H23NO3. The molecule has 1 aliphatic heterocycles. The smallest absolute Gasteiger partial charge is 0.305 e. The molecule has 4 heteroatoms. The number of carboxylic acids is 1. The van der Waals surface area contributed by atoms with Gasteiger partial charge in [0.25, 0.3) is 0 Å². The lowest BCUT2D eigenvalue weighted by Crippen LogP contribution is -2.51. The number of hydrogen-bond acceptors (Lipinski definition) is 3. The molecule has 1 saturated carbocycles. The van der Waals surface area contributed by atoms with Gasteiger partial charge in [0, 0.05) is 18.6 Å². The summed E-state index contributed by atoms with van der Waals surface area (Å²) in [5.41, 5.74) is 0. The summed E-state index contributed by atoms with van der Waals surface area (Å²) in [7, 11) is 0. The second-order valence-corrected chi connectivity index (χ2v) is 5.45. The fraction of sp³-hybridized carbons (Fsp3) is 0.923. The summed E-state index contributed by atoms with van der Waals surface area (Å²) in [6, 6.07) is 0.560. The summed E-state index contributed by atoms with van der Waals surface area (Å²) in [4.78, 5) is 13.2. The molecule has 0 amide bonds. The van der Waals surface area contributed by atoms with E-state index in [0.717, 1.165) is 19.1 Å². The van der Waals surface area contributed by atoms with Gasteiger partial charge >= 0.3 is 5.97 Å². The molecule has 0 aromatic carbocycles. The SMILES string of the molecule is CC(CC1CCC1)N1CCOCC1CC(=O)O. The zero-order chi connectivity index (χ0) is 12.3. The van der Waals surface area contributed by atoms with Crippen molar-refractivity contribution in [1.82, 2.24) is 4.90 Å². The molecule has 98 valence electrons. The Morgan fingerprint density at radius 2 is 2.29 bits per heavy atom. The van der Waals surface area contributed by atoms with Crippen LogP contribution in [0.3, 0.4) is 0 Å². The molecule has 1 saturated heterocycles. The topological polar surface area (TPSA) is 49.8 Å². The second-order valence-electron chi connectivity index (χ2n) is 5.45. The Balaban J connectivity index is 1.87. The van der Waals surface area contributed by atoms with Gasteiger partial charge in [-0.1, -0.05) is 19.3 Å². The van der Waals surface area contributed by atoms with Crippen molar-refractivity contribution >= 4 is 5.97 Å². The molecule has 2 atom stereocenters. The molecule has 2 rings (SSSR count). The molecule has 1 aliphatic carbocycles. The van der Waals surface area contributed by atoms with Gasteiger partial charge in [0.15, 0.2) is 0 Å². The number of carboxylic acid groups (broad SMARTS) is 1. The van der Waals surface area contributed by atoms with Crippen LogP contribution in [0.15, 0.2) is 0 Å². The molecule has 0 bridgehead atoms. The predicted octanol–water partition coefficient (Wildman–Crippen LogP) is 1.74. The Bertz CT molecular complexity index is 265. The normalized spacial score (nSPS) is 28.6. The van der Waals surface area contributed by atoms with Crippen LogP contribution in [0.5, 0.6) is 0 Å². The third kappa shape index (κ3) is 3.42. The molecule has 2 unspecified atom stereocenters. The third-order valence-corrected chi connectivity index (χ3v) is 4.15. The van der Waals surface area contributed by atoms with Crippen LogP contribution in [-0.4, -0.2) is 47.8 Å². The lowest BCUT2D eigenvalue weighted by atomic mass is 9.80. The molecule has 0 radical (unpaired) electrons. The van der Waals surface area contributed by atoms with Crippen LogP contribution in [0.25, 0.3) is 0 Å². The maximum absolute atomic E-state index is 10.8. The van der Waals surface area contributed by atoms with E-state index in [1.54, 1.807) is 0 Å². The van der Waals surface area contributed by atoms with Crippen LogP contribution < -0.4 is 0 Å². The fourth-order valence-electron chi connectivity index (χ4n) is 2.97. The van der Waals surface area contributed by atoms with Crippen molar-refractivity contribution in [3.63, 3.8) is 0 Å². The van der Waals surface area contributed by atoms with Gasteiger partial charge in [-0.05, 0) is 19.3 Å². The molecule has 4 nitrogen and oxygen atoms in total. The minimum absolute atomic E-state index is 0.0660. The van der Waals surface area contributed by atoms with E-state index >= 15 is 0 Å².